The van der Waals surface area contributed by atoms with Crippen molar-refractivity contribution in [3.63, 3.8) is 0 Å². The SMILES string of the molecule is CC(C(=O)NC(CCC(=O)O)Cc1ccccc1)c1cccnc1. The van der Waals surface area contributed by atoms with E-state index >= 15 is 0 Å². The molecule has 2 unspecified atom stereocenters. The maximum Gasteiger partial charge on any atom is 0.303 e. The predicted octanol–water partition coefficient (Wildman–Crippen LogP) is 2.78. The second-order valence-electron chi connectivity index (χ2n) is 5.84. The molecule has 0 radical (unpaired) electrons. The lowest BCUT2D eigenvalue weighted by atomic mass is 9.98. The van der Waals surface area contributed by atoms with Crippen molar-refractivity contribution in [3.8, 4) is 0 Å². The minimum atomic E-state index is -0.859. The molecular weight excluding hydrogens is 304 g/mol. The summed E-state index contributed by atoms with van der Waals surface area (Å²) in [5.74, 6) is -1.31. The molecule has 126 valence electrons. The van der Waals surface area contributed by atoms with Crippen LogP contribution in [0.25, 0.3) is 0 Å². The number of carboxylic acid groups (broad SMARTS) is 1. The zero-order valence-electron chi connectivity index (χ0n) is 13.7. The van der Waals surface area contributed by atoms with Gasteiger partial charge in [0.1, 0.15) is 0 Å². The van der Waals surface area contributed by atoms with E-state index in [0.29, 0.717) is 12.8 Å². The number of nitrogens with zero attached hydrogens (tertiary/aromatic N) is 1. The lowest BCUT2D eigenvalue weighted by Gasteiger charge is -2.21. The van der Waals surface area contributed by atoms with Crippen LogP contribution in [0.15, 0.2) is 54.9 Å². The average Bonchev–Trinajstić information content (AvgIpc) is 2.60. The van der Waals surface area contributed by atoms with E-state index < -0.39 is 5.97 Å². The average molecular weight is 326 g/mol. The highest BCUT2D eigenvalue weighted by molar-refractivity contribution is 5.83. The Bertz CT molecular complexity index is 659. The highest BCUT2D eigenvalue weighted by Gasteiger charge is 2.20. The van der Waals surface area contributed by atoms with E-state index in [1.165, 1.54) is 0 Å². The molecular formula is C19H22N2O3. The second kappa shape index (κ2) is 8.82. The van der Waals surface area contributed by atoms with Crippen LogP contribution < -0.4 is 5.32 Å². The van der Waals surface area contributed by atoms with Crippen molar-refractivity contribution in [2.75, 3.05) is 0 Å². The standard InChI is InChI=1S/C19H22N2O3/c1-14(16-8-5-11-20-13-16)19(24)21-17(9-10-18(22)23)12-15-6-3-2-4-7-15/h2-8,11,13-14,17H,9-10,12H2,1H3,(H,21,24)(H,22,23). The Morgan fingerprint density at radius 1 is 1.17 bits per heavy atom. The summed E-state index contributed by atoms with van der Waals surface area (Å²) in [7, 11) is 0. The molecule has 2 atom stereocenters. The molecule has 1 aromatic carbocycles. The molecule has 0 fully saturated rings. The number of nitrogens with one attached hydrogen (secondary N) is 1. The van der Waals surface area contributed by atoms with Crippen molar-refractivity contribution in [2.24, 2.45) is 0 Å². The first-order chi connectivity index (χ1) is 11.6. The number of hydrogen-bond acceptors (Lipinski definition) is 3. The molecule has 0 saturated carbocycles. The molecule has 24 heavy (non-hydrogen) atoms. The van der Waals surface area contributed by atoms with Gasteiger partial charge in [-0.2, -0.15) is 0 Å². The van der Waals surface area contributed by atoms with Crippen molar-refractivity contribution in [3.05, 3.63) is 66.0 Å². The Morgan fingerprint density at radius 3 is 2.54 bits per heavy atom. The maximum atomic E-state index is 12.5. The Balaban J connectivity index is 2.03. The quantitative estimate of drug-likeness (QED) is 0.782. The van der Waals surface area contributed by atoms with Gasteiger partial charge >= 0.3 is 5.97 Å². The highest BCUT2D eigenvalue weighted by atomic mass is 16.4. The van der Waals surface area contributed by atoms with Crippen LogP contribution in [0.1, 0.15) is 36.8 Å². The van der Waals surface area contributed by atoms with Crippen molar-refractivity contribution in [2.45, 2.75) is 38.1 Å². The zero-order chi connectivity index (χ0) is 17.4. The van der Waals surface area contributed by atoms with Crippen LogP contribution in [-0.4, -0.2) is 28.0 Å². The van der Waals surface area contributed by atoms with Crippen LogP contribution in [0.2, 0.25) is 0 Å². The number of hydrogen-bond donors (Lipinski definition) is 2. The molecule has 1 aromatic heterocycles. The predicted molar refractivity (Wildman–Crippen MR) is 91.6 cm³/mol. The number of pyridine rings is 1. The Labute approximate surface area is 141 Å². The Morgan fingerprint density at radius 2 is 1.92 bits per heavy atom. The van der Waals surface area contributed by atoms with Crippen LogP contribution in [0.4, 0.5) is 0 Å². The van der Waals surface area contributed by atoms with Gasteiger partial charge in [-0.3, -0.25) is 14.6 Å². The summed E-state index contributed by atoms with van der Waals surface area (Å²) in [5.41, 5.74) is 1.91. The molecule has 0 bridgehead atoms. The number of aromatic nitrogens is 1. The minimum Gasteiger partial charge on any atom is -0.481 e. The molecule has 2 rings (SSSR count). The Kier molecular flexibility index (Phi) is 6.49. The van der Waals surface area contributed by atoms with Crippen molar-refractivity contribution in [1.29, 1.82) is 0 Å². The summed E-state index contributed by atoms with van der Waals surface area (Å²) in [6, 6.07) is 13.2. The molecule has 2 N–H and O–H groups in total. The molecule has 2 aromatic rings. The van der Waals surface area contributed by atoms with E-state index in [2.05, 4.69) is 10.3 Å². The number of benzene rings is 1. The molecule has 0 saturated heterocycles. The van der Waals surface area contributed by atoms with E-state index in [1.807, 2.05) is 43.3 Å². The van der Waals surface area contributed by atoms with Crippen LogP contribution >= 0.6 is 0 Å². The van der Waals surface area contributed by atoms with Gasteiger partial charge in [-0.15, -0.1) is 0 Å². The number of rotatable bonds is 8. The molecule has 5 nitrogen and oxygen atoms in total. The smallest absolute Gasteiger partial charge is 0.303 e. The molecule has 1 heterocycles. The van der Waals surface area contributed by atoms with Gasteiger partial charge in [-0.25, -0.2) is 0 Å². The van der Waals surface area contributed by atoms with Gasteiger partial charge in [0, 0.05) is 24.9 Å². The Hall–Kier alpha value is -2.69. The van der Waals surface area contributed by atoms with Crippen molar-refractivity contribution in [1.82, 2.24) is 10.3 Å². The summed E-state index contributed by atoms with van der Waals surface area (Å²) >= 11 is 0. The van der Waals surface area contributed by atoms with Gasteiger partial charge < -0.3 is 10.4 Å². The molecule has 1 amide bonds. The monoisotopic (exact) mass is 326 g/mol. The number of carboxylic acids is 1. The summed E-state index contributed by atoms with van der Waals surface area (Å²) in [6.07, 6.45) is 4.38. The van der Waals surface area contributed by atoms with Gasteiger partial charge in [0.15, 0.2) is 0 Å². The number of aliphatic carboxylic acids is 1. The third-order valence-electron chi connectivity index (χ3n) is 3.96. The van der Waals surface area contributed by atoms with Gasteiger partial charge in [-0.05, 0) is 37.0 Å². The van der Waals surface area contributed by atoms with E-state index in [0.717, 1.165) is 11.1 Å². The van der Waals surface area contributed by atoms with Crippen LogP contribution in [0, 0.1) is 0 Å². The first kappa shape index (κ1) is 17.7. The van der Waals surface area contributed by atoms with Crippen LogP contribution in [0.5, 0.6) is 0 Å². The summed E-state index contributed by atoms with van der Waals surface area (Å²) in [6.45, 7) is 1.82. The molecule has 0 aliphatic rings. The van der Waals surface area contributed by atoms with Gasteiger partial charge in [0.05, 0.1) is 5.92 Å². The number of carbonyl (C=O) groups is 2. The van der Waals surface area contributed by atoms with Crippen molar-refractivity contribution < 1.29 is 14.7 Å². The number of carbonyl (C=O) groups excluding carboxylic acids is 1. The summed E-state index contributed by atoms with van der Waals surface area (Å²) in [5, 5.41) is 11.9. The largest absolute Gasteiger partial charge is 0.481 e. The second-order valence-corrected chi connectivity index (χ2v) is 5.84. The molecule has 0 aliphatic heterocycles. The normalized spacial score (nSPS) is 13.0. The van der Waals surface area contributed by atoms with Gasteiger partial charge in [0.2, 0.25) is 5.91 Å². The van der Waals surface area contributed by atoms with E-state index in [9.17, 15) is 9.59 Å². The highest BCUT2D eigenvalue weighted by Crippen LogP contribution is 2.15. The topological polar surface area (TPSA) is 79.3 Å². The third-order valence-corrected chi connectivity index (χ3v) is 3.96. The maximum absolute atomic E-state index is 12.5. The molecule has 5 heteroatoms. The fourth-order valence-corrected chi connectivity index (χ4v) is 2.53. The van der Waals surface area contributed by atoms with E-state index in [1.54, 1.807) is 18.5 Å². The summed E-state index contributed by atoms with van der Waals surface area (Å²) < 4.78 is 0. The lowest BCUT2D eigenvalue weighted by molar-refractivity contribution is -0.137. The van der Waals surface area contributed by atoms with Gasteiger partial charge in [-0.1, -0.05) is 36.4 Å². The first-order valence-electron chi connectivity index (χ1n) is 8.02. The fourth-order valence-electron chi connectivity index (χ4n) is 2.53. The summed E-state index contributed by atoms with van der Waals surface area (Å²) in [4.78, 5) is 27.4. The lowest BCUT2D eigenvalue weighted by Crippen LogP contribution is -2.39. The zero-order valence-corrected chi connectivity index (χ0v) is 13.7. The van der Waals surface area contributed by atoms with Crippen molar-refractivity contribution >= 4 is 11.9 Å². The minimum absolute atomic E-state index is 0.0268. The van der Waals surface area contributed by atoms with E-state index in [-0.39, 0.29) is 24.3 Å². The number of amides is 1. The van der Waals surface area contributed by atoms with Gasteiger partial charge in [0.25, 0.3) is 0 Å². The first-order valence-corrected chi connectivity index (χ1v) is 8.02. The fraction of sp³-hybridized carbons (Fsp3) is 0.316. The third kappa shape index (κ3) is 5.50. The van der Waals surface area contributed by atoms with E-state index in [4.69, 9.17) is 5.11 Å². The molecule has 0 aliphatic carbocycles. The van der Waals surface area contributed by atoms with Crippen LogP contribution in [-0.2, 0) is 16.0 Å². The van der Waals surface area contributed by atoms with Crippen LogP contribution in [0.3, 0.4) is 0 Å². The molecule has 0 spiro atoms.